The van der Waals surface area contributed by atoms with Crippen LogP contribution >= 0.6 is 0 Å². The Bertz CT molecular complexity index is 433. The first kappa shape index (κ1) is 15.5. The summed E-state index contributed by atoms with van der Waals surface area (Å²) in [6.45, 7) is 3.14. The van der Waals surface area contributed by atoms with Gasteiger partial charge in [0, 0.05) is 36.9 Å². The number of aromatic nitrogens is 2. The fourth-order valence-electron chi connectivity index (χ4n) is 3.45. The average Bonchev–Trinajstić information content (AvgIpc) is 2.69. The molecule has 2 unspecified atom stereocenters. The fourth-order valence-corrected chi connectivity index (χ4v) is 3.45. The number of likely N-dealkylation sites (N-methyl/N-ethyl adjacent to an activating group) is 2. The molecule has 0 aliphatic heterocycles. The van der Waals surface area contributed by atoms with E-state index in [2.05, 4.69) is 49.2 Å². The zero-order valence-corrected chi connectivity index (χ0v) is 13.5. The summed E-state index contributed by atoms with van der Waals surface area (Å²) in [7, 11) is 8.52. The Balaban J connectivity index is 2.13. The number of rotatable bonds is 6. The van der Waals surface area contributed by atoms with E-state index >= 15 is 0 Å². The van der Waals surface area contributed by atoms with Crippen molar-refractivity contribution in [3.8, 4) is 0 Å². The van der Waals surface area contributed by atoms with Gasteiger partial charge in [0.25, 0.3) is 0 Å². The predicted molar refractivity (Wildman–Crippen MR) is 82.5 cm³/mol. The SMILES string of the molecule is CC(N)C(c1cnn(C)c1)N(C)CC1(N(C)C)CCC1. The van der Waals surface area contributed by atoms with E-state index in [1.165, 1.54) is 24.8 Å². The maximum atomic E-state index is 6.24. The predicted octanol–water partition coefficient (Wildman–Crippen LogP) is 1.22. The number of nitrogens with zero attached hydrogens (tertiary/aromatic N) is 4. The van der Waals surface area contributed by atoms with Crippen molar-refractivity contribution in [1.29, 1.82) is 0 Å². The van der Waals surface area contributed by atoms with Crippen LogP contribution in [0.5, 0.6) is 0 Å². The van der Waals surface area contributed by atoms with Crippen molar-refractivity contribution in [3.63, 3.8) is 0 Å². The van der Waals surface area contributed by atoms with Crippen molar-refractivity contribution < 1.29 is 0 Å². The maximum absolute atomic E-state index is 6.24. The van der Waals surface area contributed by atoms with E-state index in [4.69, 9.17) is 5.73 Å². The third-order valence-electron chi connectivity index (χ3n) is 4.82. The monoisotopic (exact) mass is 279 g/mol. The summed E-state index contributed by atoms with van der Waals surface area (Å²) in [5, 5.41) is 4.29. The molecule has 0 aromatic carbocycles. The van der Waals surface area contributed by atoms with Gasteiger partial charge in [0.15, 0.2) is 0 Å². The van der Waals surface area contributed by atoms with Crippen LogP contribution in [0, 0.1) is 0 Å². The van der Waals surface area contributed by atoms with Gasteiger partial charge in [-0.3, -0.25) is 9.58 Å². The van der Waals surface area contributed by atoms with Gasteiger partial charge in [-0.25, -0.2) is 0 Å². The maximum Gasteiger partial charge on any atom is 0.0538 e. The van der Waals surface area contributed by atoms with Crippen LogP contribution in [-0.2, 0) is 7.05 Å². The molecule has 1 aliphatic rings. The van der Waals surface area contributed by atoms with Crippen molar-refractivity contribution in [2.24, 2.45) is 12.8 Å². The molecule has 2 N–H and O–H groups in total. The summed E-state index contributed by atoms with van der Waals surface area (Å²) >= 11 is 0. The Labute approximate surface area is 122 Å². The minimum absolute atomic E-state index is 0.0866. The van der Waals surface area contributed by atoms with E-state index in [1.807, 2.05) is 17.9 Å². The van der Waals surface area contributed by atoms with Gasteiger partial charge in [-0.2, -0.15) is 5.10 Å². The molecule has 2 atom stereocenters. The second kappa shape index (κ2) is 5.84. The number of hydrogen-bond acceptors (Lipinski definition) is 4. The smallest absolute Gasteiger partial charge is 0.0538 e. The lowest BCUT2D eigenvalue weighted by Crippen LogP contribution is -2.58. The van der Waals surface area contributed by atoms with Crippen LogP contribution < -0.4 is 5.73 Å². The van der Waals surface area contributed by atoms with Gasteiger partial charge in [-0.15, -0.1) is 0 Å². The third kappa shape index (κ3) is 2.90. The molecule has 1 aliphatic carbocycles. The van der Waals surface area contributed by atoms with E-state index in [1.54, 1.807) is 0 Å². The topological polar surface area (TPSA) is 50.3 Å². The molecule has 0 amide bonds. The minimum atomic E-state index is 0.0866. The Morgan fingerprint density at radius 2 is 2.05 bits per heavy atom. The van der Waals surface area contributed by atoms with Crippen LogP contribution in [-0.4, -0.2) is 58.8 Å². The molecule has 20 heavy (non-hydrogen) atoms. The molecule has 0 radical (unpaired) electrons. The lowest BCUT2D eigenvalue weighted by Gasteiger charge is -2.50. The second-order valence-corrected chi connectivity index (χ2v) is 6.64. The molecule has 5 heteroatoms. The number of aryl methyl sites for hydroxylation is 1. The standard InChI is InChI=1S/C15H29N5/c1-12(16)14(13-9-17-20(5)10-13)19(4)11-15(18(2)3)7-6-8-15/h9-10,12,14H,6-8,11,16H2,1-5H3. The third-order valence-corrected chi connectivity index (χ3v) is 4.82. The zero-order chi connectivity index (χ0) is 14.9. The summed E-state index contributed by atoms with van der Waals surface area (Å²) in [6, 6.07) is 0.310. The van der Waals surface area contributed by atoms with Gasteiger partial charge >= 0.3 is 0 Å². The molecule has 0 saturated heterocycles. The van der Waals surface area contributed by atoms with Crippen molar-refractivity contribution in [2.45, 2.75) is 43.8 Å². The molecule has 1 heterocycles. The molecule has 1 saturated carbocycles. The molecule has 0 spiro atoms. The Kier molecular flexibility index (Phi) is 4.52. The first-order valence-electron chi connectivity index (χ1n) is 7.47. The Hall–Kier alpha value is -0.910. The first-order chi connectivity index (χ1) is 9.35. The fraction of sp³-hybridized carbons (Fsp3) is 0.800. The normalized spacial score (nSPS) is 21.0. The molecule has 1 aromatic rings. The van der Waals surface area contributed by atoms with E-state index in [9.17, 15) is 0 Å². The summed E-state index contributed by atoms with van der Waals surface area (Å²) in [6.07, 6.45) is 7.91. The van der Waals surface area contributed by atoms with Gasteiger partial charge in [0.1, 0.15) is 0 Å². The number of hydrogen-bond donors (Lipinski definition) is 1. The molecular weight excluding hydrogens is 250 g/mol. The minimum Gasteiger partial charge on any atom is -0.326 e. The Morgan fingerprint density at radius 1 is 1.40 bits per heavy atom. The van der Waals surface area contributed by atoms with Crippen molar-refractivity contribution in [1.82, 2.24) is 19.6 Å². The zero-order valence-electron chi connectivity index (χ0n) is 13.5. The molecule has 1 aromatic heterocycles. The van der Waals surface area contributed by atoms with E-state index in [0.29, 0.717) is 5.54 Å². The van der Waals surface area contributed by atoms with E-state index in [0.717, 1.165) is 6.54 Å². The number of nitrogens with two attached hydrogens (primary N) is 1. The lowest BCUT2D eigenvalue weighted by atomic mass is 9.75. The van der Waals surface area contributed by atoms with Crippen LogP contribution in [0.2, 0.25) is 0 Å². The first-order valence-corrected chi connectivity index (χ1v) is 7.47. The molecule has 5 nitrogen and oxygen atoms in total. The van der Waals surface area contributed by atoms with Crippen molar-refractivity contribution in [2.75, 3.05) is 27.7 Å². The molecular formula is C15H29N5. The van der Waals surface area contributed by atoms with Crippen LogP contribution in [0.15, 0.2) is 12.4 Å². The van der Waals surface area contributed by atoms with Gasteiger partial charge in [0.05, 0.1) is 12.2 Å². The van der Waals surface area contributed by atoms with Crippen LogP contribution in [0.1, 0.15) is 37.8 Å². The van der Waals surface area contributed by atoms with Gasteiger partial charge in [0.2, 0.25) is 0 Å². The van der Waals surface area contributed by atoms with Crippen LogP contribution in [0.4, 0.5) is 0 Å². The molecule has 1 fully saturated rings. The van der Waals surface area contributed by atoms with Gasteiger partial charge < -0.3 is 10.6 Å². The van der Waals surface area contributed by atoms with E-state index in [-0.39, 0.29) is 12.1 Å². The highest BCUT2D eigenvalue weighted by molar-refractivity contribution is 5.13. The quantitative estimate of drug-likeness (QED) is 0.851. The van der Waals surface area contributed by atoms with Gasteiger partial charge in [-0.1, -0.05) is 0 Å². The van der Waals surface area contributed by atoms with E-state index < -0.39 is 0 Å². The molecule has 0 bridgehead atoms. The highest BCUT2D eigenvalue weighted by Crippen LogP contribution is 2.38. The van der Waals surface area contributed by atoms with Crippen molar-refractivity contribution in [3.05, 3.63) is 18.0 Å². The van der Waals surface area contributed by atoms with Crippen molar-refractivity contribution >= 4 is 0 Å². The molecule has 114 valence electrons. The van der Waals surface area contributed by atoms with Gasteiger partial charge in [-0.05, 0) is 47.3 Å². The molecule has 2 rings (SSSR count). The Morgan fingerprint density at radius 3 is 2.40 bits per heavy atom. The summed E-state index contributed by atoms with van der Waals surface area (Å²) in [5.41, 5.74) is 7.77. The highest BCUT2D eigenvalue weighted by atomic mass is 15.3. The average molecular weight is 279 g/mol. The highest BCUT2D eigenvalue weighted by Gasteiger charge is 2.41. The second-order valence-electron chi connectivity index (χ2n) is 6.64. The summed E-state index contributed by atoms with van der Waals surface area (Å²) in [5.74, 6) is 0. The van der Waals surface area contributed by atoms with Crippen LogP contribution in [0.3, 0.4) is 0 Å². The van der Waals surface area contributed by atoms with Crippen LogP contribution in [0.25, 0.3) is 0 Å². The summed E-state index contributed by atoms with van der Waals surface area (Å²) < 4.78 is 1.85. The largest absolute Gasteiger partial charge is 0.326 e. The summed E-state index contributed by atoms with van der Waals surface area (Å²) in [4.78, 5) is 4.79. The lowest BCUT2D eigenvalue weighted by molar-refractivity contribution is 0.0131.